The highest BCUT2D eigenvalue weighted by Crippen LogP contribution is 2.22. The average molecular weight is 344 g/mol. The number of hydrogen-bond acceptors (Lipinski definition) is 5. The zero-order chi connectivity index (χ0) is 18.8. The van der Waals surface area contributed by atoms with Gasteiger partial charge in [-0.2, -0.15) is 5.26 Å². The Bertz CT molecular complexity index is 682. The van der Waals surface area contributed by atoms with Gasteiger partial charge in [0.05, 0.1) is 6.61 Å². The molecule has 0 aliphatic carbocycles. The monoisotopic (exact) mass is 344 g/mol. The third-order valence-electron chi connectivity index (χ3n) is 3.34. The first-order valence-corrected chi connectivity index (χ1v) is 8.02. The van der Waals surface area contributed by atoms with Crippen LogP contribution >= 0.6 is 0 Å². The van der Waals surface area contributed by atoms with Crippen LogP contribution in [0.15, 0.2) is 23.9 Å². The lowest BCUT2D eigenvalue weighted by Crippen LogP contribution is -2.31. The second kappa shape index (κ2) is 9.98. The van der Waals surface area contributed by atoms with Gasteiger partial charge in [-0.05, 0) is 38.8 Å². The lowest BCUT2D eigenvalue weighted by Gasteiger charge is -2.12. The van der Waals surface area contributed by atoms with Gasteiger partial charge in [0.25, 0.3) is 5.91 Å². The zero-order valence-corrected chi connectivity index (χ0v) is 15.0. The molecule has 0 unspecified atom stereocenters. The van der Waals surface area contributed by atoms with Gasteiger partial charge >= 0.3 is 6.09 Å². The van der Waals surface area contributed by atoms with E-state index in [0.29, 0.717) is 25.4 Å². The van der Waals surface area contributed by atoms with Crippen molar-refractivity contribution in [2.24, 2.45) is 0 Å². The van der Waals surface area contributed by atoms with Crippen molar-refractivity contribution in [1.29, 1.82) is 5.26 Å². The van der Waals surface area contributed by atoms with E-state index in [4.69, 9.17) is 10.00 Å². The molecule has 1 rings (SSSR count). The number of alkyl carbamates (subject to hydrolysis) is 1. The van der Waals surface area contributed by atoms with E-state index < -0.39 is 12.0 Å². The molecule has 3 N–H and O–H groups in total. The van der Waals surface area contributed by atoms with Gasteiger partial charge in [0.1, 0.15) is 11.6 Å². The Balaban J connectivity index is 2.60. The molecule has 0 aliphatic heterocycles. The Hall–Kier alpha value is -3.01. The molecule has 0 saturated heterocycles. The summed E-state index contributed by atoms with van der Waals surface area (Å²) in [5.41, 5.74) is 3.65. The SMILES string of the molecule is CCOC(=O)NCCN/C=C(/C#N)C(=O)Nc1c(C)cc(C)cc1C. The van der Waals surface area contributed by atoms with Gasteiger partial charge in [0.2, 0.25) is 0 Å². The molecule has 1 aromatic carbocycles. The van der Waals surface area contributed by atoms with Crippen molar-refractivity contribution < 1.29 is 14.3 Å². The summed E-state index contributed by atoms with van der Waals surface area (Å²) in [5.74, 6) is -0.483. The number of rotatable bonds is 7. The minimum Gasteiger partial charge on any atom is -0.450 e. The Morgan fingerprint density at radius 3 is 2.40 bits per heavy atom. The average Bonchev–Trinajstić information content (AvgIpc) is 2.54. The minimum absolute atomic E-state index is 0.0458. The lowest BCUT2D eigenvalue weighted by atomic mass is 10.0. The molecule has 0 saturated carbocycles. The van der Waals surface area contributed by atoms with Gasteiger partial charge in [-0.3, -0.25) is 4.79 Å². The standard InChI is InChI=1S/C18H24N4O3/c1-5-25-18(24)21-7-6-20-11-15(10-19)17(23)22-16-13(3)8-12(2)9-14(16)4/h8-9,11,20H,5-7H2,1-4H3,(H,21,24)(H,22,23)/b15-11-. The van der Waals surface area contributed by atoms with Gasteiger partial charge in [0, 0.05) is 25.0 Å². The maximum absolute atomic E-state index is 12.3. The van der Waals surface area contributed by atoms with Crippen LogP contribution in [0.4, 0.5) is 10.5 Å². The molecule has 0 heterocycles. The number of carbonyl (C=O) groups excluding carboxylic acids is 2. The maximum Gasteiger partial charge on any atom is 0.407 e. The number of ether oxygens (including phenoxy) is 1. The van der Waals surface area contributed by atoms with Crippen LogP contribution in [0, 0.1) is 32.1 Å². The molecule has 134 valence electrons. The minimum atomic E-state index is -0.503. The molecular formula is C18H24N4O3. The van der Waals surface area contributed by atoms with E-state index >= 15 is 0 Å². The molecule has 0 fully saturated rings. The van der Waals surface area contributed by atoms with Crippen LogP contribution in [-0.2, 0) is 9.53 Å². The van der Waals surface area contributed by atoms with Crippen molar-refractivity contribution >= 4 is 17.7 Å². The number of nitriles is 1. The Labute approximate surface area is 148 Å². The van der Waals surface area contributed by atoms with Crippen LogP contribution in [0.1, 0.15) is 23.6 Å². The summed E-state index contributed by atoms with van der Waals surface area (Å²) in [4.78, 5) is 23.4. The number of hydrogen-bond donors (Lipinski definition) is 3. The van der Waals surface area contributed by atoms with E-state index in [9.17, 15) is 9.59 Å². The highest BCUT2D eigenvalue weighted by molar-refractivity contribution is 6.07. The van der Waals surface area contributed by atoms with Crippen molar-refractivity contribution in [2.75, 3.05) is 25.0 Å². The van der Waals surface area contributed by atoms with Crippen LogP contribution in [0.2, 0.25) is 0 Å². The highest BCUT2D eigenvalue weighted by Gasteiger charge is 2.12. The van der Waals surface area contributed by atoms with Crippen LogP contribution in [-0.4, -0.2) is 31.7 Å². The second-order valence-corrected chi connectivity index (χ2v) is 5.50. The van der Waals surface area contributed by atoms with Gasteiger partial charge in [-0.15, -0.1) is 0 Å². The fraction of sp³-hybridized carbons (Fsp3) is 0.389. The smallest absolute Gasteiger partial charge is 0.407 e. The molecule has 0 spiro atoms. The first kappa shape index (κ1) is 20.0. The summed E-state index contributed by atoms with van der Waals surface area (Å²) in [6.45, 7) is 8.49. The molecule has 0 aromatic heterocycles. The fourth-order valence-corrected chi connectivity index (χ4v) is 2.30. The Morgan fingerprint density at radius 1 is 1.20 bits per heavy atom. The van der Waals surface area contributed by atoms with Gasteiger partial charge < -0.3 is 20.7 Å². The number of amides is 2. The second-order valence-electron chi connectivity index (χ2n) is 5.50. The Morgan fingerprint density at radius 2 is 1.84 bits per heavy atom. The van der Waals surface area contributed by atoms with E-state index in [2.05, 4.69) is 16.0 Å². The summed E-state index contributed by atoms with van der Waals surface area (Å²) in [6, 6.07) is 5.81. The summed E-state index contributed by atoms with van der Waals surface area (Å²) < 4.78 is 4.72. The lowest BCUT2D eigenvalue weighted by molar-refractivity contribution is -0.112. The van der Waals surface area contributed by atoms with Crippen LogP contribution in [0.3, 0.4) is 0 Å². The van der Waals surface area contributed by atoms with E-state index in [0.717, 1.165) is 16.7 Å². The van der Waals surface area contributed by atoms with E-state index in [1.807, 2.05) is 39.0 Å². The van der Waals surface area contributed by atoms with E-state index in [1.54, 1.807) is 6.92 Å². The van der Waals surface area contributed by atoms with Crippen molar-refractivity contribution in [3.05, 3.63) is 40.6 Å². The number of anilines is 1. The maximum atomic E-state index is 12.3. The number of nitrogens with one attached hydrogen (secondary N) is 3. The van der Waals surface area contributed by atoms with E-state index in [1.165, 1.54) is 6.20 Å². The van der Waals surface area contributed by atoms with Gasteiger partial charge in [0.15, 0.2) is 0 Å². The highest BCUT2D eigenvalue weighted by atomic mass is 16.5. The largest absolute Gasteiger partial charge is 0.450 e. The van der Waals surface area contributed by atoms with Crippen LogP contribution in [0.5, 0.6) is 0 Å². The summed E-state index contributed by atoms with van der Waals surface area (Å²) >= 11 is 0. The van der Waals surface area contributed by atoms with Crippen LogP contribution < -0.4 is 16.0 Å². The molecule has 1 aromatic rings. The van der Waals surface area contributed by atoms with Crippen molar-refractivity contribution in [3.63, 3.8) is 0 Å². The normalized spacial score (nSPS) is 10.6. The molecule has 0 aliphatic rings. The number of benzene rings is 1. The Kier molecular flexibility index (Phi) is 8.00. The topological polar surface area (TPSA) is 103 Å². The fourth-order valence-electron chi connectivity index (χ4n) is 2.30. The van der Waals surface area contributed by atoms with E-state index in [-0.39, 0.29) is 5.57 Å². The number of nitrogens with zero attached hydrogens (tertiary/aromatic N) is 1. The van der Waals surface area contributed by atoms with Crippen molar-refractivity contribution in [1.82, 2.24) is 10.6 Å². The molecular weight excluding hydrogens is 320 g/mol. The summed E-state index contributed by atoms with van der Waals surface area (Å²) in [7, 11) is 0. The molecule has 0 atom stereocenters. The molecule has 7 heteroatoms. The third kappa shape index (κ3) is 6.55. The molecule has 25 heavy (non-hydrogen) atoms. The third-order valence-corrected chi connectivity index (χ3v) is 3.34. The first-order valence-electron chi connectivity index (χ1n) is 8.02. The zero-order valence-electron chi connectivity index (χ0n) is 15.0. The molecule has 0 radical (unpaired) electrons. The predicted octanol–water partition coefficient (Wildman–Crippen LogP) is 2.29. The quantitative estimate of drug-likeness (QED) is 0.400. The summed E-state index contributed by atoms with van der Waals surface area (Å²) in [5, 5.41) is 17.3. The van der Waals surface area contributed by atoms with Crippen molar-refractivity contribution in [3.8, 4) is 6.07 Å². The molecule has 2 amide bonds. The number of carbonyl (C=O) groups is 2. The van der Waals surface area contributed by atoms with Crippen molar-refractivity contribution in [2.45, 2.75) is 27.7 Å². The van der Waals surface area contributed by atoms with Gasteiger partial charge in [-0.25, -0.2) is 4.79 Å². The number of aryl methyl sites for hydroxylation is 3. The summed E-state index contributed by atoms with van der Waals surface area (Å²) in [6.07, 6.45) is 0.831. The molecule has 0 bridgehead atoms. The van der Waals surface area contributed by atoms with Crippen LogP contribution in [0.25, 0.3) is 0 Å². The van der Waals surface area contributed by atoms with Gasteiger partial charge in [-0.1, -0.05) is 17.7 Å². The first-order chi connectivity index (χ1) is 11.9. The predicted molar refractivity (Wildman–Crippen MR) is 96.0 cm³/mol. The molecule has 7 nitrogen and oxygen atoms in total.